The first-order valence-electron chi connectivity index (χ1n) is 6.87. The van der Waals surface area contributed by atoms with E-state index in [-0.39, 0.29) is 6.79 Å². The van der Waals surface area contributed by atoms with Crippen LogP contribution in [0.3, 0.4) is 0 Å². The SMILES string of the molecule is COC(=O)C(N)Cc1cccc(-c2ccc3c(c2)OCO3)n1. The van der Waals surface area contributed by atoms with Gasteiger partial charge in [0.25, 0.3) is 0 Å². The second-order valence-corrected chi connectivity index (χ2v) is 4.92. The number of hydrogen-bond acceptors (Lipinski definition) is 6. The topological polar surface area (TPSA) is 83.7 Å². The molecule has 0 spiro atoms. The zero-order valence-electron chi connectivity index (χ0n) is 12.1. The van der Waals surface area contributed by atoms with Gasteiger partial charge in [-0.3, -0.25) is 9.78 Å². The van der Waals surface area contributed by atoms with Crippen molar-refractivity contribution < 1.29 is 19.0 Å². The molecule has 1 atom stereocenters. The smallest absolute Gasteiger partial charge is 0.323 e. The Bertz CT molecular complexity index is 702. The summed E-state index contributed by atoms with van der Waals surface area (Å²) in [4.78, 5) is 15.9. The number of benzene rings is 1. The number of esters is 1. The molecule has 22 heavy (non-hydrogen) atoms. The third kappa shape index (κ3) is 2.87. The summed E-state index contributed by atoms with van der Waals surface area (Å²) >= 11 is 0. The number of ether oxygens (including phenoxy) is 3. The molecule has 0 saturated heterocycles. The molecule has 0 radical (unpaired) electrons. The van der Waals surface area contributed by atoms with E-state index in [1.165, 1.54) is 7.11 Å². The molecule has 2 heterocycles. The lowest BCUT2D eigenvalue weighted by Crippen LogP contribution is -2.33. The summed E-state index contributed by atoms with van der Waals surface area (Å²) in [6.45, 7) is 0.236. The van der Waals surface area contributed by atoms with Crippen LogP contribution in [0, 0.1) is 0 Å². The Morgan fingerprint density at radius 1 is 1.32 bits per heavy atom. The molecule has 1 aliphatic heterocycles. The van der Waals surface area contributed by atoms with Crippen LogP contribution in [0.5, 0.6) is 11.5 Å². The van der Waals surface area contributed by atoms with Crippen molar-refractivity contribution in [3.63, 3.8) is 0 Å². The largest absolute Gasteiger partial charge is 0.468 e. The molecule has 6 nitrogen and oxygen atoms in total. The molecule has 1 aliphatic rings. The zero-order chi connectivity index (χ0) is 15.5. The zero-order valence-corrected chi connectivity index (χ0v) is 12.1. The highest BCUT2D eigenvalue weighted by Crippen LogP contribution is 2.35. The molecule has 0 fully saturated rings. The van der Waals surface area contributed by atoms with E-state index in [1.54, 1.807) is 0 Å². The number of hydrogen-bond donors (Lipinski definition) is 1. The highest BCUT2D eigenvalue weighted by Gasteiger charge is 2.17. The Morgan fingerprint density at radius 2 is 2.14 bits per heavy atom. The monoisotopic (exact) mass is 300 g/mol. The average Bonchev–Trinajstić information content (AvgIpc) is 3.01. The summed E-state index contributed by atoms with van der Waals surface area (Å²) in [7, 11) is 1.32. The van der Waals surface area contributed by atoms with Crippen molar-refractivity contribution in [3.8, 4) is 22.8 Å². The van der Waals surface area contributed by atoms with Crippen LogP contribution in [0.4, 0.5) is 0 Å². The van der Waals surface area contributed by atoms with Crippen LogP contribution in [0.2, 0.25) is 0 Å². The third-order valence-electron chi connectivity index (χ3n) is 3.41. The maximum absolute atomic E-state index is 11.4. The minimum Gasteiger partial charge on any atom is -0.468 e. The van der Waals surface area contributed by atoms with Crippen molar-refractivity contribution in [1.29, 1.82) is 0 Å². The second-order valence-electron chi connectivity index (χ2n) is 4.92. The van der Waals surface area contributed by atoms with E-state index in [1.807, 2.05) is 36.4 Å². The van der Waals surface area contributed by atoms with E-state index in [4.69, 9.17) is 15.2 Å². The summed E-state index contributed by atoms with van der Waals surface area (Å²) in [5.41, 5.74) is 8.20. The molecule has 0 amide bonds. The minimum atomic E-state index is -0.718. The Labute approximate surface area is 127 Å². The van der Waals surface area contributed by atoms with Gasteiger partial charge in [0, 0.05) is 17.7 Å². The van der Waals surface area contributed by atoms with Gasteiger partial charge in [0.2, 0.25) is 6.79 Å². The van der Waals surface area contributed by atoms with Gasteiger partial charge in [0.15, 0.2) is 11.5 Å². The molecule has 0 bridgehead atoms. The maximum atomic E-state index is 11.4. The molecule has 1 aromatic carbocycles. The lowest BCUT2D eigenvalue weighted by Gasteiger charge is -2.10. The quantitative estimate of drug-likeness (QED) is 0.862. The molecule has 2 N–H and O–H groups in total. The van der Waals surface area contributed by atoms with Crippen molar-refractivity contribution in [2.75, 3.05) is 13.9 Å². The number of carbonyl (C=O) groups excluding carboxylic acids is 1. The number of methoxy groups -OCH3 is 1. The molecular weight excluding hydrogens is 284 g/mol. The third-order valence-corrected chi connectivity index (χ3v) is 3.41. The van der Waals surface area contributed by atoms with Crippen LogP contribution in [0.25, 0.3) is 11.3 Å². The Balaban J connectivity index is 1.83. The summed E-state index contributed by atoms with van der Waals surface area (Å²) in [5.74, 6) is 0.985. The number of nitrogens with two attached hydrogens (primary N) is 1. The number of nitrogens with zero attached hydrogens (tertiary/aromatic N) is 1. The van der Waals surface area contributed by atoms with Gasteiger partial charge < -0.3 is 19.9 Å². The predicted molar refractivity (Wildman–Crippen MR) is 79.5 cm³/mol. The molecule has 3 rings (SSSR count). The van der Waals surface area contributed by atoms with Gasteiger partial charge in [-0.25, -0.2) is 0 Å². The molecule has 2 aromatic rings. The first kappa shape index (κ1) is 14.3. The second kappa shape index (κ2) is 6.03. The summed E-state index contributed by atoms with van der Waals surface area (Å²) in [6, 6.07) is 10.5. The maximum Gasteiger partial charge on any atom is 0.323 e. The predicted octanol–water partition coefficient (Wildman–Crippen LogP) is 1.52. The van der Waals surface area contributed by atoms with Crippen molar-refractivity contribution in [1.82, 2.24) is 4.98 Å². The fraction of sp³-hybridized carbons (Fsp3) is 0.250. The number of rotatable bonds is 4. The normalized spacial score (nSPS) is 13.7. The summed E-state index contributed by atoms with van der Waals surface area (Å²) < 4.78 is 15.3. The minimum absolute atomic E-state index is 0.236. The van der Waals surface area contributed by atoms with Gasteiger partial charge in [0.05, 0.1) is 12.8 Å². The van der Waals surface area contributed by atoms with Gasteiger partial charge in [-0.2, -0.15) is 0 Å². The van der Waals surface area contributed by atoms with Crippen LogP contribution in [0.1, 0.15) is 5.69 Å². The fourth-order valence-electron chi connectivity index (χ4n) is 2.27. The van der Waals surface area contributed by atoms with Crippen molar-refractivity contribution in [3.05, 3.63) is 42.1 Å². The lowest BCUT2D eigenvalue weighted by molar-refractivity contribution is -0.142. The van der Waals surface area contributed by atoms with E-state index in [9.17, 15) is 4.79 Å². The number of pyridine rings is 1. The van der Waals surface area contributed by atoms with E-state index >= 15 is 0 Å². The number of fused-ring (bicyclic) bond motifs is 1. The first-order chi connectivity index (χ1) is 10.7. The molecular formula is C16H16N2O4. The van der Waals surface area contributed by atoms with Crippen molar-refractivity contribution >= 4 is 5.97 Å². The van der Waals surface area contributed by atoms with Crippen molar-refractivity contribution in [2.45, 2.75) is 12.5 Å². The van der Waals surface area contributed by atoms with Crippen LogP contribution < -0.4 is 15.2 Å². The molecule has 1 unspecified atom stereocenters. The highest BCUT2D eigenvalue weighted by molar-refractivity contribution is 5.75. The van der Waals surface area contributed by atoms with Crippen LogP contribution in [-0.4, -0.2) is 30.9 Å². The highest BCUT2D eigenvalue weighted by atomic mass is 16.7. The molecule has 0 aliphatic carbocycles. The average molecular weight is 300 g/mol. The summed E-state index contributed by atoms with van der Waals surface area (Å²) in [5, 5.41) is 0. The summed E-state index contributed by atoms with van der Waals surface area (Å²) in [6.07, 6.45) is 0.324. The Morgan fingerprint density at radius 3 is 2.95 bits per heavy atom. The molecule has 0 saturated carbocycles. The lowest BCUT2D eigenvalue weighted by atomic mass is 10.1. The van der Waals surface area contributed by atoms with E-state index < -0.39 is 12.0 Å². The van der Waals surface area contributed by atoms with E-state index in [0.717, 1.165) is 22.7 Å². The van der Waals surface area contributed by atoms with E-state index in [2.05, 4.69) is 9.72 Å². The fourth-order valence-corrected chi connectivity index (χ4v) is 2.27. The number of aromatic nitrogens is 1. The van der Waals surface area contributed by atoms with Gasteiger partial charge >= 0.3 is 5.97 Å². The molecule has 114 valence electrons. The van der Waals surface area contributed by atoms with Gasteiger partial charge in [-0.15, -0.1) is 0 Å². The molecule has 6 heteroatoms. The van der Waals surface area contributed by atoms with Crippen LogP contribution in [-0.2, 0) is 16.0 Å². The molecule has 1 aromatic heterocycles. The Kier molecular flexibility index (Phi) is 3.93. The van der Waals surface area contributed by atoms with Gasteiger partial charge in [0.1, 0.15) is 6.04 Å². The Hall–Kier alpha value is -2.60. The number of carbonyl (C=O) groups is 1. The van der Waals surface area contributed by atoms with Gasteiger partial charge in [-0.1, -0.05) is 6.07 Å². The first-order valence-corrected chi connectivity index (χ1v) is 6.87. The van der Waals surface area contributed by atoms with Crippen LogP contribution >= 0.6 is 0 Å². The standard InChI is InChI=1S/C16H16N2O4/c1-20-16(19)12(17)8-11-3-2-4-13(18-11)10-5-6-14-15(7-10)22-9-21-14/h2-7,12H,8-9,17H2,1H3. The van der Waals surface area contributed by atoms with E-state index in [0.29, 0.717) is 12.2 Å². The van der Waals surface area contributed by atoms with Gasteiger partial charge in [-0.05, 0) is 30.3 Å². The van der Waals surface area contributed by atoms with Crippen LogP contribution in [0.15, 0.2) is 36.4 Å². The van der Waals surface area contributed by atoms with Crippen molar-refractivity contribution in [2.24, 2.45) is 5.73 Å².